The summed E-state index contributed by atoms with van der Waals surface area (Å²) >= 11 is 7.86. The number of benzene rings is 1. The van der Waals surface area contributed by atoms with Gasteiger partial charge in [0.1, 0.15) is 11.9 Å². The van der Waals surface area contributed by atoms with Gasteiger partial charge in [0.05, 0.1) is 29.3 Å². The summed E-state index contributed by atoms with van der Waals surface area (Å²) in [5, 5.41) is 0.524. The second-order valence-corrected chi connectivity index (χ2v) is 11.0. The van der Waals surface area contributed by atoms with Crippen LogP contribution in [0.3, 0.4) is 0 Å². The zero-order valence-corrected chi connectivity index (χ0v) is 20.7. The number of anilines is 1. The molecule has 5 rings (SSSR count). The third-order valence-electron chi connectivity index (χ3n) is 6.57. The summed E-state index contributed by atoms with van der Waals surface area (Å²) in [5.74, 6) is 0.264. The number of alkyl halides is 1. The summed E-state index contributed by atoms with van der Waals surface area (Å²) < 4.78 is 12.0. The Balaban J connectivity index is 1.60. The molecule has 1 aliphatic carbocycles. The smallest absolute Gasteiger partial charge is 0.296 e. The number of hydrogen-bond acceptors (Lipinski definition) is 6. The maximum atomic E-state index is 13.8. The molecular weight excluding hydrogens is 460 g/mol. The van der Waals surface area contributed by atoms with Gasteiger partial charge in [0.25, 0.3) is 5.91 Å². The third kappa shape index (κ3) is 3.85. The highest BCUT2D eigenvalue weighted by molar-refractivity contribution is 7.15. The van der Waals surface area contributed by atoms with Crippen LogP contribution in [0.25, 0.3) is 0 Å². The SMILES string of the molecule is Cc1nc(N2C(=O)C3=C(C(=O)C4CC(Cl)CCC4O3)C2c2ccc(OC(C)C)cc2)sc1C. The summed E-state index contributed by atoms with van der Waals surface area (Å²) in [5.41, 5.74) is 2.12. The molecule has 3 aliphatic rings. The molecule has 4 unspecified atom stereocenters. The van der Waals surface area contributed by atoms with Crippen molar-refractivity contribution in [3.63, 3.8) is 0 Å². The minimum atomic E-state index is -0.588. The van der Waals surface area contributed by atoms with E-state index in [1.807, 2.05) is 52.0 Å². The van der Waals surface area contributed by atoms with Crippen LogP contribution < -0.4 is 9.64 Å². The molecule has 1 saturated carbocycles. The highest BCUT2D eigenvalue weighted by Gasteiger charge is 2.53. The number of hydrogen-bond donors (Lipinski definition) is 0. The van der Waals surface area contributed by atoms with Gasteiger partial charge >= 0.3 is 0 Å². The van der Waals surface area contributed by atoms with Crippen LogP contribution in [0.5, 0.6) is 5.75 Å². The van der Waals surface area contributed by atoms with E-state index in [2.05, 4.69) is 4.98 Å². The summed E-state index contributed by atoms with van der Waals surface area (Å²) in [6.07, 6.45) is 1.78. The number of ketones is 1. The molecule has 0 radical (unpaired) electrons. The molecule has 4 atom stereocenters. The van der Waals surface area contributed by atoms with Crippen LogP contribution in [0.1, 0.15) is 55.3 Å². The molecular formula is C25H27ClN2O4S. The lowest BCUT2D eigenvalue weighted by Crippen LogP contribution is -2.41. The average molecular weight is 487 g/mol. The highest BCUT2D eigenvalue weighted by atomic mass is 35.5. The van der Waals surface area contributed by atoms with E-state index in [1.165, 1.54) is 11.3 Å². The Morgan fingerprint density at radius 1 is 1.18 bits per heavy atom. The molecule has 0 bridgehead atoms. The van der Waals surface area contributed by atoms with E-state index in [4.69, 9.17) is 21.1 Å². The van der Waals surface area contributed by atoms with Crippen molar-refractivity contribution in [1.29, 1.82) is 0 Å². The largest absolute Gasteiger partial charge is 0.491 e. The highest BCUT2D eigenvalue weighted by Crippen LogP contribution is 2.49. The molecule has 1 aromatic heterocycles. The summed E-state index contributed by atoms with van der Waals surface area (Å²) in [6.45, 7) is 7.85. The first-order chi connectivity index (χ1) is 15.7. The Labute approximate surface area is 202 Å². The third-order valence-corrected chi connectivity index (χ3v) is 8.04. The Hall–Kier alpha value is -2.38. The lowest BCUT2D eigenvalue weighted by atomic mass is 9.77. The zero-order chi connectivity index (χ0) is 23.4. The fraction of sp³-hybridized carbons (Fsp3) is 0.480. The van der Waals surface area contributed by atoms with Crippen LogP contribution in [0.4, 0.5) is 5.13 Å². The molecule has 0 saturated heterocycles. The number of carbonyl (C=O) groups excluding carboxylic acids is 2. The van der Waals surface area contributed by atoms with Gasteiger partial charge in [-0.1, -0.05) is 12.1 Å². The van der Waals surface area contributed by atoms with Crippen molar-refractivity contribution in [1.82, 2.24) is 4.98 Å². The zero-order valence-electron chi connectivity index (χ0n) is 19.1. The van der Waals surface area contributed by atoms with E-state index in [1.54, 1.807) is 4.90 Å². The number of carbonyl (C=O) groups is 2. The number of amides is 1. The molecule has 0 spiro atoms. The van der Waals surface area contributed by atoms with E-state index in [0.717, 1.165) is 28.3 Å². The number of aryl methyl sites for hydroxylation is 2. The molecule has 174 valence electrons. The van der Waals surface area contributed by atoms with Crippen LogP contribution in [-0.4, -0.2) is 34.3 Å². The van der Waals surface area contributed by atoms with Crippen molar-refractivity contribution in [3.8, 4) is 5.75 Å². The van der Waals surface area contributed by atoms with Crippen molar-refractivity contribution in [2.24, 2.45) is 5.92 Å². The monoisotopic (exact) mass is 486 g/mol. The van der Waals surface area contributed by atoms with Crippen molar-refractivity contribution in [3.05, 3.63) is 51.7 Å². The van der Waals surface area contributed by atoms with Gasteiger partial charge in [0, 0.05) is 10.3 Å². The van der Waals surface area contributed by atoms with Crippen LogP contribution in [0, 0.1) is 19.8 Å². The second-order valence-electron chi connectivity index (χ2n) is 9.23. The summed E-state index contributed by atoms with van der Waals surface area (Å²) in [7, 11) is 0. The average Bonchev–Trinajstić information content (AvgIpc) is 3.25. The molecule has 2 aliphatic heterocycles. The minimum absolute atomic E-state index is 0.0278. The number of aromatic nitrogens is 1. The first-order valence-corrected chi connectivity index (χ1v) is 12.6. The van der Waals surface area contributed by atoms with E-state index >= 15 is 0 Å². The minimum Gasteiger partial charge on any atom is -0.491 e. The van der Waals surface area contributed by atoms with E-state index < -0.39 is 6.04 Å². The molecule has 33 heavy (non-hydrogen) atoms. The van der Waals surface area contributed by atoms with E-state index in [-0.39, 0.29) is 41.0 Å². The van der Waals surface area contributed by atoms with Crippen LogP contribution in [0.2, 0.25) is 0 Å². The molecule has 8 heteroatoms. The molecule has 1 amide bonds. The van der Waals surface area contributed by atoms with Gasteiger partial charge < -0.3 is 9.47 Å². The molecule has 2 aromatic rings. The second kappa shape index (κ2) is 8.44. The predicted molar refractivity (Wildman–Crippen MR) is 128 cm³/mol. The fourth-order valence-corrected chi connectivity index (χ4v) is 6.14. The molecule has 1 aromatic carbocycles. The fourth-order valence-electron chi connectivity index (χ4n) is 4.89. The van der Waals surface area contributed by atoms with Crippen LogP contribution in [-0.2, 0) is 14.3 Å². The van der Waals surface area contributed by atoms with E-state index in [0.29, 0.717) is 23.5 Å². The normalized spacial score (nSPS) is 27.0. The summed E-state index contributed by atoms with van der Waals surface area (Å²) in [4.78, 5) is 34.7. The number of rotatable bonds is 4. The number of Topliss-reactive ketones (excluding diaryl/α,β-unsaturated/α-hetero) is 1. The standard InChI is InChI=1S/C25H27ClN2O4S/c1-12(2)31-17-8-5-15(6-9-17)21-20-22(29)18-11-16(26)7-10-19(18)32-23(20)24(30)28(21)25-27-13(3)14(4)33-25/h5-6,8-9,12,16,18-19,21H,7,10-11H2,1-4H3. The number of halogens is 1. The van der Waals surface area contributed by atoms with Crippen molar-refractivity contribution in [2.45, 2.75) is 70.6 Å². The van der Waals surface area contributed by atoms with Gasteiger partial charge in [0.2, 0.25) is 0 Å². The van der Waals surface area contributed by atoms with Crippen LogP contribution >= 0.6 is 22.9 Å². The molecule has 1 fully saturated rings. The van der Waals surface area contributed by atoms with Gasteiger partial charge in [0.15, 0.2) is 16.7 Å². The number of thiazole rings is 1. The quantitative estimate of drug-likeness (QED) is 0.551. The summed E-state index contributed by atoms with van der Waals surface area (Å²) in [6, 6.07) is 6.99. The van der Waals surface area contributed by atoms with Gasteiger partial charge in [-0.3, -0.25) is 14.5 Å². The van der Waals surface area contributed by atoms with Gasteiger partial charge in [-0.2, -0.15) is 0 Å². The maximum absolute atomic E-state index is 13.8. The Morgan fingerprint density at radius 2 is 1.91 bits per heavy atom. The molecule has 6 nitrogen and oxygen atoms in total. The lowest BCUT2D eigenvalue weighted by molar-refractivity contribution is -0.131. The Morgan fingerprint density at radius 3 is 2.55 bits per heavy atom. The first-order valence-electron chi connectivity index (χ1n) is 11.4. The van der Waals surface area contributed by atoms with Crippen LogP contribution in [0.15, 0.2) is 35.6 Å². The van der Waals surface area contributed by atoms with Crippen molar-refractivity contribution >= 4 is 39.8 Å². The first kappa shape index (κ1) is 22.4. The Kier molecular flexibility index (Phi) is 5.73. The molecule has 3 heterocycles. The van der Waals surface area contributed by atoms with Crippen molar-refractivity contribution in [2.75, 3.05) is 4.90 Å². The number of fused-ring (bicyclic) bond motifs is 1. The van der Waals surface area contributed by atoms with Gasteiger partial charge in [-0.25, -0.2) is 4.98 Å². The number of ether oxygens (including phenoxy) is 2. The van der Waals surface area contributed by atoms with Gasteiger partial charge in [-0.05, 0) is 64.7 Å². The van der Waals surface area contributed by atoms with Gasteiger partial charge in [-0.15, -0.1) is 22.9 Å². The lowest BCUT2D eigenvalue weighted by Gasteiger charge is -2.37. The predicted octanol–water partition coefficient (Wildman–Crippen LogP) is 5.26. The molecule has 0 N–H and O–H groups in total. The topological polar surface area (TPSA) is 68.7 Å². The maximum Gasteiger partial charge on any atom is 0.296 e. The Bertz CT molecular complexity index is 1120. The van der Waals surface area contributed by atoms with Crippen molar-refractivity contribution < 1.29 is 19.1 Å². The number of nitrogens with zero attached hydrogens (tertiary/aromatic N) is 2. The van der Waals surface area contributed by atoms with E-state index in [9.17, 15) is 9.59 Å².